The fraction of sp³-hybridized carbons (Fsp3) is 0.0769. The van der Waals surface area contributed by atoms with Crippen molar-refractivity contribution >= 4 is 34.6 Å². The van der Waals surface area contributed by atoms with E-state index in [-0.39, 0.29) is 6.79 Å². The Morgan fingerprint density at radius 1 is 0.633 bits per heavy atom. The molecule has 2 atom stereocenters. The summed E-state index contributed by atoms with van der Waals surface area (Å²) in [6.45, 7) is 0.167. The molecule has 0 spiro atoms. The lowest BCUT2D eigenvalue weighted by Gasteiger charge is -2.09. The van der Waals surface area contributed by atoms with Gasteiger partial charge in [-0.15, -0.1) is 18.5 Å². The average molecular weight is 428 g/mol. The second kappa shape index (κ2) is 9.77. The Kier molecular flexibility index (Phi) is 6.66. The van der Waals surface area contributed by atoms with Crippen molar-refractivity contribution in [1.82, 2.24) is 0 Å². The Labute approximate surface area is 182 Å². The van der Waals surface area contributed by atoms with Gasteiger partial charge in [0.2, 0.25) is 6.79 Å². The first kappa shape index (κ1) is 20.4. The SMILES string of the molecule is PCc1ccc(C#Cc2ccc3cc(OCOc4ccc(P)cc4)ccc3c2)cc1. The van der Waals surface area contributed by atoms with Crippen LogP contribution in [-0.2, 0) is 6.16 Å². The van der Waals surface area contributed by atoms with Crippen LogP contribution in [0.4, 0.5) is 0 Å². The molecule has 2 nitrogen and oxygen atoms in total. The Bertz CT molecular complexity index is 1200. The number of hydrogen-bond donors (Lipinski definition) is 0. The molecule has 0 N–H and O–H groups in total. The van der Waals surface area contributed by atoms with Crippen LogP contribution in [0.3, 0.4) is 0 Å². The predicted octanol–water partition coefficient (Wildman–Crippen LogP) is 5.53. The molecular weight excluding hydrogens is 406 g/mol. The Morgan fingerprint density at radius 3 is 2.00 bits per heavy atom. The van der Waals surface area contributed by atoms with Crippen LogP contribution < -0.4 is 14.8 Å². The Balaban J connectivity index is 1.42. The Morgan fingerprint density at radius 2 is 1.23 bits per heavy atom. The molecule has 4 aromatic rings. The highest BCUT2D eigenvalue weighted by molar-refractivity contribution is 7.27. The number of rotatable bonds is 5. The number of hydrogen-bond acceptors (Lipinski definition) is 2. The van der Waals surface area contributed by atoms with Gasteiger partial charge in [0.15, 0.2) is 0 Å². The van der Waals surface area contributed by atoms with Gasteiger partial charge in [0.05, 0.1) is 0 Å². The first-order valence-electron chi connectivity index (χ1n) is 9.65. The van der Waals surface area contributed by atoms with Gasteiger partial charge in [0.25, 0.3) is 0 Å². The molecular formula is C26H22O2P2. The molecule has 0 aromatic heterocycles. The molecule has 30 heavy (non-hydrogen) atoms. The number of ether oxygens (including phenoxy) is 2. The topological polar surface area (TPSA) is 18.5 Å². The van der Waals surface area contributed by atoms with Crippen LogP contribution in [0.2, 0.25) is 0 Å². The minimum absolute atomic E-state index is 0.167. The zero-order chi connectivity index (χ0) is 20.8. The lowest BCUT2D eigenvalue weighted by atomic mass is 10.1. The largest absolute Gasteiger partial charge is 0.458 e. The molecule has 0 saturated heterocycles. The smallest absolute Gasteiger partial charge is 0.230 e. The molecule has 0 saturated carbocycles. The van der Waals surface area contributed by atoms with Crippen LogP contribution in [0.1, 0.15) is 16.7 Å². The van der Waals surface area contributed by atoms with E-state index >= 15 is 0 Å². The van der Waals surface area contributed by atoms with Gasteiger partial charge in [0.1, 0.15) is 11.5 Å². The van der Waals surface area contributed by atoms with E-state index in [1.165, 1.54) is 5.56 Å². The van der Waals surface area contributed by atoms with Crippen molar-refractivity contribution in [1.29, 1.82) is 0 Å². The molecule has 0 radical (unpaired) electrons. The molecule has 0 aliphatic carbocycles. The van der Waals surface area contributed by atoms with Gasteiger partial charge in [-0.05, 0) is 76.3 Å². The number of fused-ring (bicyclic) bond motifs is 1. The van der Waals surface area contributed by atoms with Crippen molar-refractivity contribution < 1.29 is 9.47 Å². The Hall–Kier alpha value is -2.84. The second-order valence-electron chi connectivity index (χ2n) is 6.85. The molecule has 0 heterocycles. The summed E-state index contributed by atoms with van der Waals surface area (Å²) in [4.78, 5) is 0. The van der Waals surface area contributed by atoms with E-state index in [9.17, 15) is 0 Å². The third-order valence-corrected chi connectivity index (χ3v) is 5.54. The average Bonchev–Trinajstić information content (AvgIpc) is 2.79. The minimum Gasteiger partial charge on any atom is -0.458 e. The van der Waals surface area contributed by atoms with Gasteiger partial charge in [-0.25, -0.2) is 0 Å². The quantitative estimate of drug-likeness (QED) is 0.236. The molecule has 4 aromatic carbocycles. The summed E-state index contributed by atoms with van der Waals surface area (Å²) >= 11 is 0. The summed E-state index contributed by atoms with van der Waals surface area (Å²) in [6.07, 6.45) is 0.960. The van der Waals surface area contributed by atoms with E-state index < -0.39 is 0 Å². The monoisotopic (exact) mass is 428 g/mol. The zero-order valence-electron chi connectivity index (χ0n) is 16.5. The maximum atomic E-state index is 5.75. The van der Waals surface area contributed by atoms with Gasteiger partial charge in [0, 0.05) is 11.1 Å². The summed E-state index contributed by atoms with van der Waals surface area (Å²) < 4.78 is 11.4. The van der Waals surface area contributed by atoms with Crippen molar-refractivity contribution in [3.05, 3.63) is 102 Å². The van der Waals surface area contributed by atoms with Gasteiger partial charge < -0.3 is 9.47 Å². The molecule has 4 rings (SSSR count). The molecule has 0 bridgehead atoms. The van der Waals surface area contributed by atoms with Gasteiger partial charge in [-0.1, -0.05) is 48.2 Å². The van der Waals surface area contributed by atoms with Crippen LogP contribution in [0.5, 0.6) is 11.5 Å². The van der Waals surface area contributed by atoms with E-state index in [4.69, 9.17) is 9.47 Å². The summed E-state index contributed by atoms with van der Waals surface area (Å²) in [5.41, 5.74) is 3.30. The summed E-state index contributed by atoms with van der Waals surface area (Å²) in [5.74, 6) is 8.05. The summed E-state index contributed by atoms with van der Waals surface area (Å²) in [7, 11) is 5.39. The number of benzene rings is 4. The van der Waals surface area contributed by atoms with Gasteiger partial charge in [-0.3, -0.25) is 0 Å². The predicted molar refractivity (Wildman–Crippen MR) is 132 cm³/mol. The standard InChI is InChI=1S/C26H22O2P2/c29-17-21-5-2-19(3-6-21)1-4-20-7-8-23-16-25(10-9-22(23)15-20)28-18-27-24-11-13-26(30)14-12-24/h2-3,5-16H,17-18,29-30H2. The third-order valence-electron chi connectivity index (χ3n) is 4.68. The molecule has 2 unspecified atom stereocenters. The lowest BCUT2D eigenvalue weighted by molar-refractivity contribution is 0.120. The van der Waals surface area contributed by atoms with Crippen LogP contribution in [0.25, 0.3) is 10.8 Å². The van der Waals surface area contributed by atoms with Crippen molar-refractivity contribution in [3.63, 3.8) is 0 Å². The van der Waals surface area contributed by atoms with Crippen LogP contribution in [-0.4, -0.2) is 6.79 Å². The van der Waals surface area contributed by atoms with Crippen LogP contribution in [0.15, 0.2) is 84.9 Å². The molecule has 0 aliphatic rings. The molecule has 4 heteroatoms. The fourth-order valence-corrected chi connectivity index (χ4v) is 3.45. The maximum Gasteiger partial charge on any atom is 0.230 e. The molecule has 148 valence electrons. The second-order valence-corrected chi connectivity index (χ2v) is 7.93. The van der Waals surface area contributed by atoms with Crippen molar-refractivity contribution in [2.45, 2.75) is 6.16 Å². The van der Waals surface area contributed by atoms with Crippen LogP contribution in [0, 0.1) is 11.8 Å². The van der Waals surface area contributed by atoms with E-state index in [1.54, 1.807) is 0 Å². The normalized spacial score (nSPS) is 10.3. The zero-order valence-corrected chi connectivity index (χ0v) is 18.8. The van der Waals surface area contributed by atoms with Gasteiger partial charge >= 0.3 is 0 Å². The first-order valence-corrected chi connectivity index (χ1v) is 11.0. The van der Waals surface area contributed by atoms with E-state index in [0.717, 1.165) is 44.9 Å². The van der Waals surface area contributed by atoms with Gasteiger partial charge in [-0.2, -0.15) is 0 Å². The minimum atomic E-state index is 0.167. The van der Waals surface area contributed by atoms with Crippen molar-refractivity contribution in [2.24, 2.45) is 0 Å². The van der Waals surface area contributed by atoms with Crippen molar-refractivity contribution in [2.75, 3.05) is 6.79 Å². The lowest BCUT2D eigenvalue weighted by Crippen LogP contribution is -2.06. The van der Waals surface area contributed by atoms with Crippen molar-refractivity contribution in [3.8, 4) is 23.3 Å². The van der Waals surface area contributed by atoms with E-state index in [2.05, 4.69) is 66.7 Å². The molecule has 0 amide bonds. The molecule has 0 fully saturated rings. The third kappa shape index (κ3) is 5.40. The highest BCUT2D eigenvalue weighted by Gasteiger charge is 2.00. The van der Waals surface area contributed by atoms with E-state index in [1.807, 2.05) is 48.5 Å². The van der Waals surface area contributed by atoms with Crippen LogP contribution >= 0.6 is 18.5 Å². The highest BCUT2D eigenvalue weighted by Crippen LogP contribution is 2.22. The summed E-state index contributed by atoms with van der Waals surface area (Å²) in [6, 6.07) is 28.4. The fourth-order valence-electron chi connectivity index (χ4n) is 2.99. The highest BCUT2D eigenvalue weighted by atomic mass is 31.0. The van der Waals surface area contributed by atoms with E-state index in [0.29, 0.717) is 0 Å². The first-order chi connectivity index (χ1) is 14.7. The summed E-state index contributed by atoms with van der Waals surface area (Å²) in [5, 5.41) is 3.36. The molecule has 0 aliphatic heterocycles. The maximum absolute atomic E-state index is 5.75.